The summed E-state index contributed by atoms with van der Waals surface area (Å²) in [5.41, 5.74) is 2.36. The van der Waals surface area contributed by atoms with Crippen LogP contribution in [0.4, 0.5) is 5.69 Å². The van der Waals surface area contributed by atoms with Crippen molar-refractivity contribution in [3.8, 4) is 5.75 Å². The minimum absolute atomic E-state index is 0.0511. The molecule has 0 aliphatic carbocycles. The van der Waals surface area contributed by atoms with Crippen molar-refractivity contribution in [2.45, 2.75) is 17.9 Å². The number of fused-ring (bicyclic) bond motifs is 1. The lowest BCUT2D eigenvalue weighted by atomic mass is 10.2. The van der Waals surface area contributed by atoms with Gasteiger partial charge in [-0.3, -0.25) is 4.79 Å². The Labute approximate surface area is 197 Å². The molecule has 0 N–H and O–H groups in total. The molecule has 5 rings (SSSR count). The van der Waals surface area contributed by atoms with Crippen molar-refractivity contribution in [3.05, 3.63) is 96.1 Å². The fourth-order valence-corrected chi connectivity index (χ4v) is 7.95. The molecule has 2 fully saturated rings. The maximum Gasteiger partial charge on any atom is 0.279 e. The number of carbonyl (C=O) groups is 1. The van der Waals surface area contributed by atoms with Crippen LogP contribution < -0.4 is 9.64 Å². The molecule has 2 saturated heterocycles. The van der Waals surface area contributed by atoms with E-state index >= 15 is 0 Å². The minimum Gasteiger partial charge on any atom is -0.489 e. The summed E-state index contributed by atoms with van der Waals surface area (Å²) in [6.45, 7) is 0.459. The normalized spacial score (nSPS) is 22.3. The molecule has 2 aliphatic rings. The lowest BCUT2D eigenvalue weighted by molar-refractivity contribution is 0.100. The van der Waals surface area contributed by atoms with E-state index in [0.717, 1.165) is 11.3 Å². The topological polar surface area (TPSA) is 76.0 Å². The first-order valence-electron chi connectivity index (χ1n) is 10.6. The Hall–Kier alpha value is -3.10. The van der Waals surface area contributed by atoms with E-state index in [4.69, 9.17) is 4.74 Å². The van der Waals surface area contributed by atoms with E-state index in [1.807, 2.05) is 65.6 Å². The third kappa shape index (κ3) is 4.82. The number of amidine groups is 1. The van der Waals surface area contributed by atoms with Gasteiger partial charge in [-0.25, -0.2) is 8.42 Å². The average molecular weight is 479 g/mol. The zero-order chi connectivity index (χ0) is 22.8. The van der Waals surface area contributed by atoms with Gasteiger partial charge < -0.3 is 9.64 Å². The summed E-state index contributed by atoms with van der Waals surface area (Å²) >= 11 is 1.37. The number of hydrogen-bond donors (Lipinski definition) is 0. The second kappa shape index (κ2) is 9.03. The van der Waals surface area contributed by atoms with Crippen LogP contribution >= 0.6 is 11.8 Å². The van der Waals surface area contributed by atoms with Gasteiger partial charge in [0.1, 0.15) is 12.4 Å². The molecule has 0 bridgehead atoms. The van der Waals surface area contributed by atoms with Gasteiger partial charge in [-0.2, -0.15) is 4.99 Å². The quantitative estimate of drug-likeness (QED) is 0.548. The van der Waals surface area contributed by atoms with E-state index < -0.39 is 9.84 Å². The van der Waals surface area contributed by atoms with Gasteiger partial charge >= 0.3 is 0 Å². The van der Waals surface area contributed by atoms with Crippen molar-refractivity contribution >= 4 is 38.4 Å². The van der Waals surface area contributed by atoms with Crippen molar-refractivity contribution in [2.24, 2.45) is 4.99 Å². The first-order chi connectivity index (χ1) is 16.0. The molecule has 0 spiro atoms. The van der Waals surface area contributed by atoms with Crippen LogP contribution in [-0.2, 0) is 16.4 Å². The number of aliphatic imine (C=N–C) groups is 1. The standard InChI is InChI=1S/C25H22N2O4S2/c28-24(19-9-5-2-6-10-19)26-25-27(22-16-33(29,30)17-23(22)32-25)20-11-13-21(14-12-20)31-15-18-7-3-1-4-8-18/h1-14,22-23H,15-17H2/t22-,23-/m0/s1. The molecule has 6 nitrogen and oxygen atoms in total. The number of thioether (sulfide) groups is 1. The zero-order valence-corrected chi connectivity index (χ0v) is 19.3. The van der Waals surface area contributed by atoms with Crippen molar-refractivity contribution in [1.29, 1.82) is 0 Å². The Morgan fingerprint density at radius 3 is 2.30 bits per heavy atom. The monoisotopic (exact) mass is 478 g/mol. The molecule has 2 aliphatic heterocycles. The maximum atomic E-state index is 12.7. The third-order valence-corrected chi connectivity index (χ3v) is 8.86. The van der Waals surface area contributed by atoms with Crippen LogP contribution in [0.1, 0.15) is 15.9 Å². The first kappa shape index (κ1) is 21.7. The molecule has 3 aromatic rings. The van der Waals surface area contributed by atoms with Crippen LogP contribution in [0.3, 0.4) is 0 Å². The molecule has 168 valence electrons. The molecule has 2 atom stereocenters. The zero-order valence-electron chi connectivity index (χ0n) is 17.7. The molecule has 0 aromatic heterocycles. The molecule has 8 heteroatoms. The number of ether oxygens (including phenoxy) is 1. The van der Waals surface area contributed by atoms with Crippen molar-refractivity contribution < 1.29 is 17.9 Å². The molecule has 0 radical (unpaired) electrons. The Morgan fingerprint density at radius 1 is 0.939 bits per heavy atom. The van der Waals surface area contributed by atoms with Gasteiger partial charge in [-0.05, 0) is 42.0 Å². The van der Waals surface area contributed by atoms with Gasteiger partial charge in [0.05, 0.1) is 17.5 Å². The van der Waals surface area contributed by atoms with Gasteiger partial charge in [0.25, 0.3) is 5.91 Å². The first-order valence-corrected chi connectivity index (χ1v) is 13.3. The summed E-state index contributed by atoms with van der Waals surface area (Å²) in [7, 11) is -3.13. The molecule has 1 amide bonds. The lowest BCUT2D eigenvalue weighted by Gasteiger charge is -2.24. The van der Waals surface area contributed by atoms with Crippen LogP contribution in [0.15, 0.2) is 89.9 Å². The van der Waals surface area contributed by atoms with Crippen molar-refractivity contribution in [1.82, 2.24) is 0 Å². The van der Waals surface area contributed by atoms with Gasteiger partial charge in [0.15, 0.2) is 15.0 Å². The second-order valence-corrected chi connectivity index (χ2v) is 11.4. The summed E-state index contributed by atoms with van der Waals surface area (Å²) in [6, 6.07) is 26.0. The van der Waals surface area contributed by atoms with Crippen LogP contribution in [0.5, 0.6) is 5.75 Å². The fraction of sp³-hybridized carbons (Fsp3) is 0.200. The SMILES string of the molecule is O=C(N=C1S[C@H]2CS(=O)(=O)C[C@@H]2N1c1ccc(OCc2ccccc2)cc1)c1ccccc1. The molecular formula is C25H22N2O4S2. The van der Waals surface area contributed by atoms with Crippen LogP contribution in [0.2, 0.25) is 0 Å². The van der Waals surface area contributed by atoms with Gasteiger partial charge in [0.2, 0.25) is 0 Å². The molecule has 0 unspecified atom stereocenters. The smallest absolute Gasteiger partial charge is 0.279 e. The Bertz CT molecular complexity index is 1280. The maximum absolute atomic E-state index is 12.7. The number of sulfone groups is 1. The largest absolute Gasteiger partial charge is 0.489 e. The Kier molecular flexibility index (Phi) is 5.95. The van der Waals surface area contributed by atoms with E-state index in [-0.39, 0.29) is 28.7 Å². The lowest BCUT2D eigenvalue weighted by Crippen LogP contribution is -2.37. The summed E-state index contributed by atoms with van der Waals surface area (Å²) in [4.78, 5) is 19.0. The molecule has 3 aromatic carbocycles. The van der Waals surface area contributed by atoms with Gasteiger partial charge in [-0.15, -0.1) is 0 Å². The predicted molar refractivity (Wildman–Crippen MR) is 132 cm³/mol. The van der Waals surface area contributed by atoms with Gasteiger partial charge in [-0.1, -0.05) is 60.3 Å². The van der Waals surface area contributed by atoms with Crippen LogP contribution in [0, 0.1) is 0 Å². The van der Waals surface area contributed by atoms with E-state index in [0.29, 0.717) is 23.1 Å². The van der Waals surface area contributed by atoms with E-state index in [9.17, 15) is 13.2 Å². The minimum atomic E-state index is -3.13. The second-order valence-electron chi connectivity index (χ2n) is 8.00. The summed E-state index contributed by atoms with van der Waals surface area (Å²) in [5.74, 6) is 0.517. The highest BCUT2D eigenvalue weighted by atomic mass is 32.2. The van der Waals surface area contributed by atoms with Crippen LogP contribution in [0.25, 0.3) is 0 Å². The number of anilines is 1. The van der Waals surface area contributed by atoms with Gasteiger partial charge in [0, 0.05) is 16.5 Å². The summed E-state index contributed by atoms with van der Waals surface area (Å²) < 4.78 is 30.4. The number of rotatable bonds is 5. The molecular weight excluding hydrogens is 456 g/mol. The summed E-state index contributed by atoms with van der Waals surface area (Å²) in [6.07, 6.45) is 0. The summed E-state index contributed by atoms with van der Waals surface area (Å²) in [5, 5.41) is 0.387. The Balaban J connectivity index is 1.40. The van der Waals surface area contributed by atoms with E-state index in [2.05, 4.69) is 4.99 Å². The van der Waals surface area contributed by atoms with Crippen LogP contribution in [-0.4, -0.2) is 42.3 Å². The van der Waals surface area contributed by atoms with E-state index in [1.54, 1.807) is 24.3 Å². The van der Waals surface area contributed by atoms with Crippen molar-refractivity contribution in [2.75, 3.05) is 16.4 Å². The average Bonchev–Trinajstić information content (AvgIpc) is 3.30. The van der Waals surface area contributed by atoms with E-state index in [1.165, 1.54) is 11.8 Å². The number of carbonyl (C=O) groups excluding carboxylic acids is 1. The fourth-order valence-electron chi connectivity index (χ4n) is 4.04. The van der Waals surface area contributed by atoms with Crippen molar-refractivity contribution in [3.63, 3.8) is 0 Å². The highest BCUT2D eigenvalue weighted by Gasteiger charge is 2.49. The third-order valence-electron chi connectivity index (χ3n) is 5.65. The number of hydrogen-bond acceptors (Lipinski definition) is 5. The predicted octanol–water partition coefficient (Wildman–Crippen LogP) is 4.18. The molecule has 0 saturated carbocycles. The number of amides is 1. The highest BCUT2D eigenvalue weighted by Crippen LogP contribution is 2.41. The molecule has 2 heterocycles. The number of benzene rings is 3. The highest BCUT2D eigenvalue weighted by molar-refractivity contribution is 8.16. The number of nitrogens with zero attached hydrogens (tertiary/aromatic N) is 2. The molecule has 33 heavy (non-hydrogen) atoms. The Morgan fingerprint density at radius 2 is 1.61 bits per heavy atom.